The zero-order valence-corrected chi connectivity index (χ0v) is 31.2. The molecule has 10 aromatic carbocycles. The molecule has 1 aliphatic carbocycles. The summed E-state index contributed by atoms with van der Waals surface area (Å²) in [5, 5.41) is 12.4. The van der Waals surface area contributed by atoms with Crippen molar-refractivity contribution >= 4 is 65.0 Å². The number of furan rings is 1. The molecule has 0 fully saturated rings. The van der Waals surface area contributed by atoms with Crippen molar-refractivity contribution in [3.05, 3.63) is 193 Å². The van der Waals surface area contributed by atoms with Gasteiger partial charge in [-0.3, -0.25) is 0 Å². The van der Waals surface area contributed by atoms with Crippen LogP contribution in [0.2, 0.25) is 0 Å². The Bertz CT molecular complexity index is 3370. The minimum absolute atomic E-state index is 0.123. The molecule has 0 atom stereocenters. The van der Waals surface area contributed by atoms with Gasteiger partial charge in [0.25, 0.3) is 0 Å². The van der Waals surface area contributed by atoms with Crippen LogP contribution in [0.15, 0.2) is 186 Å². The molecule has 0 spiro atoms. The van der Waals surface area contributed by atoms with E-state index >= 15 is 0 Å². The van der Waals surface area contributed by atoms with Crippen molar-refractivity contribution in [2.75, 3.05) is 0 Å². The lowest BCUT2D eigenvalue weighted by Crippen LogP contribution is -2.14. The van der Waals surface area contributed by atoms with Gasteiger partial charge in [0.2, 0.25) is 0 Å². The Balaban J connectivity index is 1.02. The van der Waals surface area contributed by atoms with Gasteiger partial charge in [-0.15, -0.1) is 0 Å². The third kappa shape index (κ3) is 4.31. The molecular weight excluding hydrogens is 677 g/mol. The van der Waals surface area contributed by atoms with Crippen LogP contribution in [0.3, 0.4) is 0 Å². The molecule has 0 saturated carbocycles. The maximum atomic E-state index is 6.66. The smallest absolute Gasteiger partial charge is 0.143 e. The molecule has 0 bridgehead atoms. The van der Waals surface area contributed by atoms with Crippen LogP contribution < -0.4 is 0 Å². The van der Waals surface area contributed by atoms with Crippen LogP contribution in [0.25, 0.3) is 110 Å². The molecule has 0 amide bonds. The highest BCUT2D eigenvalue weighted by Gasteiger charge is 2.37. The standard InChI is InChI=1S/C55H36O/c1-55(2)47-29-27-37(32-46(47)52-48(55)30-31-49-53(52)45-28-26-35-13-4-6-16-39(35)54(45)56-49)33-22-24-36(25-23-33)50-41-17-7-9-19-43(41)51(44-20-10-8-18-42(44)50)40-21-11-14-34-12-3-5-15-38(34)40/h3-32H,1-2H3. The molecule has 11 aromatic rings. The van der Waals surface area contributed by atoms with Crippen LogP contribution in [0.5, 0.6) is 0 Å². The molecule has 12 rings (SSSR count). The summed E-state index contributed by atoms with van der Waals surface area (Å²) in [4.78, 5) is 0. The van der Waals surface area contributed by atoms with E-state index in [9.17, 15) is 0 Å². The first-order valence-electron chi connectivity index (χ1n) is 19.6. The average Bonchev–Trinajstić information content (AvgIpc) is 3.74. The van der Waals surface area contributed by atoms with Gasteiger partial charge < -0.3 is 4.42 Å². The minimum Gasteiger partial charge on any atom is -0.455 e. The zero-order chi connectivity index (χ0) is 37.1. The van der Waals surface area contributed by atoms with Crippen LogP contribution >= 0.6 is 0 Å². The van der Waals surface area contributed by atoms with Crippen molar-refractivity contribution in [1.82, 2.24) is 0 Å². The van der Waals surface area contributed by atoms with Crippen molar-refractivity contribution in [3.63, 3.8) is 0 Å². The lowest BCUT2D eigenvalue weighted by molar-refractivity contribution is 0.657. The number of fused-ring (bicyclic) bond motifs is 12. The third-order valence-electron chi connectivity index (χ3n) is 12.7. The first-order chi connectivity index (χ1) is 27.5. The third-order valence-corrected chi connectivity index (χ3v) is 12.7. The monoisotopic (exact) mass is 712 g/mol. The fraction of sp³-hybridized carbons (Fsp3) is 0.0545. The maximum Gasteiger partial charge on any atom is 0.143 e. The highest BCUT2D eigenvalue weighted by Crippen LogP contribution is 2.54. The number of rotatable bonds is 3. The lowest BCUT2D eigenvalue weighted by Gasteiger charge is -2.21. The van der Waals surface area contributed by atoms with E-state index in [-0.39, 0.29) is 5.41 Å². The number of benzene rings is 10. The van der Waals surface area contributed by atoms with Crippen molar-refractivity contribution in [2.24, 2.45) is 0 Å². The molecule has 0 radical (unpaired) electrons. The summed E-state index contributed by atoms with van der Waals surface area (Å²) in [6.45, 7) is 4.71. The Hall–Kier alpha value is -6.96. The maximum absolute atomic E-state index is 6.66. The molecule has 1 aromatic heterocycles. The van der Waals surface area contributed by atoms with Gasteiger partial charge in [0, 0.05) is 21.6 Å². The van der Waals surface area contributed by atoms with E-state index in [1.54, 1.807) is 0 Å². The summed E-state index contributed by atoms with van der Waals surface area (Å²) in [6, 6.07) is 67.1. The molecule has 0 N–H and O–H groups in total. The molecule has 1 nitrogen and oxygen atoms in total. The Labute approximate surface area is 325 Å². The van der Waals surface area contributed by atoms with Gasteiger partial charge in [0.1, 0.15) is 11.2 Å². The second kappa shape index (κ2) is 11.5. The predicted octanol–water partition coefficient (Wildman–Crippen LogP) is 15.5. The minimum atomic E-state index is -0.123. The van der Waals surface area contributed by atoms with Crippen molar-refractivity contribution < 1.29 is 4.42 Å². The van der Waals surface area contributed by atoms with E-state index in [1.165, 1.54) is 104 Å². The van der Waals surface area contributed by atoms with Gasteiger partial charge in [-0.1, -0.05) is 178 Å². The van der Waals surface area contributed by atoms with Crippen LogP contribution in [0.4, 0.5) is 0 Å². The van der Waals surface area contributed by atoms with E-state index in [0.717, 1.165) is 16.6 Å². The van der Waals surface area contributed by atoms with E-state index in [1.807, 2.05) is 0 Å². The lowest BCUT2D eigenvalue weighted by atomic mass is 9.82. The van der Waals surface area contributed by atoms with Crippen LogP contribution in [-0.2, 0) is 5.41 Å². The molecule has 0 unspecified atom stereocenters. The fourth-order valence-electron chi connectivity index (χ4n) is 10.0. The Morgan fingerprint density at radius 1 is 0.357 bits per heavy atom. The zero-order valence-electron chi connectivity index (χ0n) is 31.2. The molecule has 56 heavy (non-hydrogen) atoms. The molecule has 0 saturated heterocycles. The molecule has 1 heterocycles. The second-order valence-electron chi connectivity index (χ2n) is 16.0. The second-order valence-corrected chi connectivity index (χ2v) is 16.0. The topological polar surface area (TPSA) is 13.1 Å². The summed E-state index contributed by atoms with van der Waals surface area (Å²) in [5.74, 6) is 0. The Kier molecular flexibility index (Phi) is 6.46. The Morgan fingerprint density at radius 3 is 1.62 bits per heavy atom. The van der Waals surface area contributed by atoms with Crippen molar-refractivity contribution in [2.45, 2.75) is 19.3 Å². The summed E-state index contributed by atoms with van der Waals surface area (Å²) >= 11 is 0. The highest BCUT2D eigenvalue weighted by atomic mass is 16.3. The number of hydrogen-bond donors (Lipinski definition) is 0. The molecule has 0 aliphatic heterocycles. The van der Waals surface area contributed by atoms with Gasteiger partial charge in [-0.25, -0.2) is 0 Å². The summed E-state index contributed by atoms with van der Waals surface area (Å²) < 4.78 is 6.66. The highest BCUT2D eigenvalue weighted by molar-refractivity contribution is 6.24. The van der Waals surface area contributed by atoms with Crippen molar-refractivity contribution in [3.8, 4) is 44.5 Å². The van der Waals surface area contributed by atoms with Gasteiger partial charge in [-0.05, 0) is 112 Å². The summed E-state index contributed by atoms with van der Waals surface area (Å²) in [5.41, 5.74) is 14.6. The quantitative estimate of drug-likeness (QED) is 0.166. The molecule has 262 valence electrons. The Morgan fingerprint density at radius 2 is 0.911 bits per heavy atom. The van der Waals surface area contributed by atoms with Crippen LogP contribution in [-0.4, -0.2) is 0 Å². The predicted molar refractivity (Wildman–Crippen MR) is 238 cm³/mol. The fourth-order valence-corrected chi connectivity index (χ4v) is 10.0. The SMILES string of the molecule is CC1(C)c2ccc(-c3ccc(-c4c5ccccc5c(-c5cccc6ccccc56)c5ccccc45)cc3)cc2-c2c1ccc1oc3c4ccccc4ccc3c21. The van der Waals surface area contributed by atoms with Gasteiger partial charge in [0.15, 0.2) is 0 Å². The van der Waals surface area contributed by atoms with E-state index < -0.39 is 0 Å². The van der Waals surface area contributed by atoms with E-state index in [4.69, 9.17) is 4.42 Å². The first kappa shape index (κ1) is 31.4. The largest absolute Gasteiger partial charge is 0.455 e. The van der Waals surface area contributed by atoms with Gasteiger partial charge in [0.05, 0.1) is 0 Å². The molecule has 1 heteroatoms. The van der Waals surface area contributed by atoms with Crippen molar-refractivity contribution in [1.29, 1.82) is 0 Å². The average molecular weight is 713 g/mol. The van der Waals surface area contributed by atoms with Crippen LogP contribution in [0, 0.1) is 0 Å². The van der Waals surface area contributed by atoms with E-state index in [2.05, 4.69) is 196 Å². The van der Waals surface area contributed by atoms with Crippen LogP contribution in [0.1, 0.15) is 25.0 Å². The van der Waals surface area contributed by atoms with Gasteiger partial charge >= 0.3 is 0 Å². The summed E-state index contributed by atoms with van der Waals surface area (Å²) in [6.07, 6.45) is 0. The number of hydrogen-bond acceptors (Lipinski definition) is 1. The summed E-state index contributed by atoms with van der Waals surface area (Å²) in [7, 11) is 0. The van der Waals surface area contributed by atoms with E-state index in [0.29, 0.717) is 0 Å². The normalized spacial score (nSPS) is 13.3. The van der Waals surface area contributed by atoms with Gasteiger partial charge in [-0.2, -0.15) is 0 Å². The molecule has 1 aliphatic rings. The molecular formula is C55H36O. The first-order valence-corrected chi connectivity index (χ1v) is 19.6.